The predicted molar refractivity (Wildman–Crippen MR) is 112 cm³/mol. The maximum atomic E-state index is 6.21. The van der Waals surface area contributed by atoms with Crippen molar-refractivity contribution in [3.8, 4) is 0 Å². The van der Waals surface area contributed by atoms with E-state index in [0.717, 1.165) is 32.8 Å². The van der Waals surface area contributed by atoms with Gasteiger partial charge in [0.15, 0.2) is 0 Å². The predicted octanol–water partition coefficient (Wildman–Crippen LogP) is 3.48. The zero-order chi connectivity index (χ0) is 19.3. The van der Waals surface area contributed by atoms with Crippen molar-refractivity contribution in [2.45, 2.75) is 44.9 Å². The fraction of sp³-hybridized carbons (Fsp3) is 0.609. The van der Waals surface area contributed by atoms with Crippen molar-refractivity contribution in [2.24, 2.45) is 13.0 Å². The molecular weight excluding hydrogens is 348 g/mol. The summed E-state index contributed by atoms with van der Waals surface area (Å²) >= 11 is 0. The van der Waals surface area contributed by atoms with Crippen LogP contribution in [0.4, 0.5) is 0 Å². The van der Waals surface area contributed by atoms with Crippen molar-refractivity contribution < 1.29 is 4.74 Å². The molecule has 1 unspecified atom stereocenters. The zero-order valence-corrected chi connectivity index (χ0v) is 17.3. The van der Waals surface area contributed by atoms with Crippen LogP contribution < -0.4 is 0 Å². The molecule has 2 fully saturated rings. The lowest BCUT2D eigenvalue weighted by molar-refractivity contribution is -0.0419. The molecule has 0 amide bonds. The van der Waals surface area contributed by atoms with Crippen LogP contribution in [0.5, 0.6) is 0 Å². The molecule has 3 atom stereocenters. The first-order valence-electron chi connectivity index (χ1n) is 10.8. The summed E-state index contributed by atoms with van der Waals surface area (Å²) in [5.41, 5.74) is 2.65. The standard InChI is InChI=1S/C23H34N4O/c1-19-10-11-26(16-20-7-4-3-5-8-20)12-13-27(19)18-21-9-6-14-28-23(21)22-15-24-25(2)17-22/h3-5,7-8,15,17,19,21,23H,6,9-14,16,18H2,1-2H3/t19?,21-,23+/m0/s1. The fourth-order valence-corrected chi connectivity index (χ4v) is 4.71. The third-order valence-electron chi connectivity index (χ3n) is 6.41. The first-order chi connectivity index (χ1) is 13.7. The Morgan fingerprint density at radius 1 is 1.11 bits per heavy atom. The van der Waals surface area contributed by atoms with E-state index >= 15 is 0 Å². The summed E-state index contributed by atoms with van der Waals surface area (Å²) in [6.07, 6.45) is 7.95. The second-order valence-corrected chi connectivity index (χ2v) is 8.54. The number of hydrogen-bond acceptors (Lipinski definition) is 4. The van der Waals surface area contributed by atoms with Crippen LogP contribution in [0.3, 0.4) is 0 Å². The Balaban J connectivity index is 1.38. The molecule has 3 heterocycles. The third-order valence-corrected chi connectivity index (χ3v) is 6.41. The zero-order valence-electron chi connectivity index (χ0n) is 17.3. The minimum atomic E-state index is 0.193. The van der Waals surface area contributed by atoms with Gasteiger partial charge in [0.25, 0.3) is 0 Å². The lowest BCUT2D eigenvalue weighted by Crippen LogP contribution is -2.41. The number of aromatic nitrogens is 2. The van der Waals surface area contributed by atoms with Crippen LogP contribution in [0.15, 0.2) is 42.7 Å². The molecule has 28 heavy (non-hydrogen) atoms. The van der Waals surface area contributed by atoms with Crippen molar-refractivity contribution in [3.63, 3.8) is 0 Å². The lowest BCUT2D eigenvalue weighted by atomic mass is 9.90. The molecular formula is C23H34N4O. The molecule has 2 aliphatic heterocycles. The average Bonchev–Trinajstić information content (AvgIpc) is 3.08. The highest BCUT2D eigenvalue weighted by atomic mass is 16.5. The summed E-state index contributed by atoms with van der Waals surface area (Å²) in [5.74, 6) is 0.557. The number of ether oxygens (including phenoxy) is 1. The van der Waals surface area contributed by atoms with Crippen molar-refractivity contribution in [1.29, 1.82) is 0 Å². The van der Waals surface area contributed by atoms with Gasteiger partial charge in [-0.3, -0.25) is 14.5 Å². The smallest absolute Gasteiger partial charge is 0.0895 e. The Morgan fingerprint density at radius 2 is 1.96 bits per heavy atom. The van der Waals surface area contributed by atoms with E-state index in [9.17, 15) is 0 Å². The Labute approximate surface area is 169 Å². The monoisotopic (exact) mass is 382 g/mol. The quantitative estimate of drug-likeness (QED) is 0.793. The lowest BCUT2D eigenvalue weighted by Gasteiger charge is -2.37. The van der Waals surface area contributed by atoms with Gasteiger partial charge in [-0.25, -0.2) is 0 Å². The highest BCUT2D eigenvalue weighted by Gasteiger charge is 2.32. The molecule has 2 aliphatic rings. The topological polar surface area (TPSA) is 33.5 Å². The van der Waals surface area contributed by atoms with E-state index in [1.54, 1.807) is 0 Å². The SMILES string of the molecule is CC1CCN(Cc2ccccc2)CCN1C[C@@H]1CCCO[C@H]1c1cnn(C)c1. The van der Waals surface area contributed by atoms with Gasteiger partial charge in [0.2, 0.25) is 0 Å². The average molecular weight is 383 g/mol. The van der Waals surface area contributed by atoms with E-state index in [0.29, 0.717) is 12.0 Å². The van der Waals surface area contributed by atoms with Crippen LogP contribution in [-0.4, -0.2) is 58.4 Å². The molecule has 0 bridgehead atoms. The highest BCUT2D eigenvalue weighted by Crippen LogP contribution is 2.34. The van der Waals surface area contributed by atoms with Crippen LogP contribution in [0.1, 0.15) is 43.4 Å². The van der Waals surface area contributed by atoms with Gasteiger partial charge in [-0.2, -0.15) is 5.10 Å². The van der Waals surface area contributed by atoms with E-state index < -0.39 is 0 Å². The first-order valence-corrected chi connectivity index (χ1v) is 10.8. The molecule has 152 valence electrons. The van der Waals surface area contributed by atoms with E-state index in [1.165, 1.54) is 36.9 Å². The molecule has 1 aromatic heterocycles. The van der Waals surface area contributed by atoms with E-state index in [2.05, 4.69) is 58.4 Å². The molecule has 2 saturated heterocycles. The van der Waals surface area contributed by atoms with Gasteiger partial charge in [-0.05, 0) is 31.7 Å². The normalized spacial score (nSPS) is 27.6. The summed E-state index contributed by atoms with van der Waals surface area (Å²) in [6.45, 7) is 8.92. The summed E-state index contributed by atoms with van der Waals surface area (Å²) in [7, 11) is 1.99. The van der Waals surface area contributed by atoms with Gasteiger partial charge in [-0.15, -0.1) is 0 Å². The molecule has 1 aromatic carbocycles. The summed E-state index contributed by atoms with van der Waals surface area (Å²) < 4.78 is 8.10. The number of rotatable bonds is 5. The molecule has 4 rings (SSSR count). The van der Waals surface area contributed by atoms with Crippen molar-refractivity contribution in [1.82, 2.24) is 19.6 Å². The minimum Gasteiger partial charge on any atom is -0.373 e. The third kappa shape index (κ3) is 4.83. The first kappa shape index (κ1) is 19.6. The highest BCUT2D eigenvalue weighted by molar-refractivity contribution is 5.14. The second-order valence-electron chi connectivity index (χ2n) is 8.54. The molecule has 5 nitrogen and oxygen atoms in total. The van der Waals surface area contributed by atoms with Crippen LogP contribution in [-0.2, 0) is 18.3 Å². The van der Waals surface area contributed by atoms with Crippen LogP contribution in [0.2, 0.25) is 0 Å². The van der Waals surface area contributed by atoms with Gasteiger partial charge < -0.3 is 4.74 Å². The molecule has 0 aliphatic carbocycles. The molecule has 2 aromatic rings. The van der Waals surface area contributed by atoms with Gasteiger partial charge in [0, 0.05) is 70.1 Å². The Kier molecular flexibility index (Phi) is 6.45. The molecule has 0 spiro atoms. The maximum absolute atomic E-state index is 6.21. The van der Waals surface area contributed by atoms with Gasteiger partial charge in [-0.1, -0.05) is 30.3 Å². The van der Waals surface area contributed by atoms with E-state index in [4.69, 9.17) is 4.74 Å². The number of nitrogens with zero attached hydrogens (tertiary/aromatic N) is 4. The summed E-state index contributed by atoms with van der Waals surface area (Å²) in [4.78, 5) is 5.31. The number of benzene rings is 1. The van der Waals surface area contributed by atoms with Crippen LogP contribution >= 0.6 is 0 Å². The largest absolute Gasteiger partial charge is 0.373 e. The Hall–Kier alpha value is -1.69. The number of hydrogen-bond donors (Lipinski definition) is 0. The van der Waals surface area contributed by atoms with E-state index in [-0.39, 0.29) is 6.10 Å². The van der Waals surface area contributed by atoms with Crippen molar-refractivity contribution >= 4 is 0 Å². The summed E-state index contributed by atoms with van der Waals surface area (Å²) in [6, 6.07) is 11.5. The molecule has 0 radical (unpaired) electrons. The number of aryl methyl sites for hydroxylation is 1. The van der Waals surface area contributed by atoms with Gasteiger partial charge in [0.05, 0.1) is 12.3 Å². The van der Waals surface area contributed by atoms with Gasteiger partial charge >= 0.3 is 0 Å². The van der Waals surface area contributed by atoms with Crippen LogP contribution in [0.25, 0.3) is 0 Å². The molecule has 0 saturated carbocycles. The molecule has 5 heteroatoms. The summed E-state index contributed by atoms with van der Waals surface area (Å²) in [5, 5.41) is 4.37. The maximum Gasteiger partial charge on any atom is 0.0895 e. The van der Waals surface area contributed by atoms with Gasteiger partial charge in [0.1, 0.15) is 0 Å². The Morgan fingerprint density at radius 3 is 2.75 bits per heavy atom. The fourth-order valence-electron chi connectivity index (χ4n) is 4.71. The minimum absolute atomic E-state index is 0.193. The molecule has 0 N–H and O–H groups in total. The van der Waals surface area contributed by atoms with Crippen molar-refractivity contribution in [2.75, 3.05) is 32.8 Å². The van der Waals surface area contributed by atoms with E-state index in [1.807, 2.05) is 17.9 Å². The van der Waals surface area contributed by atoms with Crippen LogP contribution in [0, 0.1) is 5.92 Å². The Bertz CT molecular complexity index is 731. The second kappa shape index (κ2) is 9.21. The van der Waals surface area contributed by atoms with Crippen molar-refractivity contribution in [3.05, 3.63) is 53.9 Å².